The predicted octanol–water partition coefficient (Wildman–Crippen LogP) is 5.89. The van der Waals surface area contributed by atoms with Gasteiger partial charge in [-0.2, -0.15) is 0 Å². The van der Waals surface area contributed by atoms with E-state index < -0.39 is 11.4 Å². The molecule has 2 fully saturated rings. The summed E-state index contributed by atoms with van der Waals surface area (Å²) in [6.07, 6.45) is 9.76. The molecule has 6 nitrogen and oxygen atoms in total. The number of likely N-dealkylation sites (N-methyl/N-ethyl adjacent to an activating group) is 1. The molecule has 1 amide bonds. The van der Waals surface area contributed by atoms with Crippen molar-refractivity contribution in [2.24, 2.45) is 11.8 Å². The first kappa shape index (κ1) is 29.2. The van der Waals surface area contributed by atoms with Gasteiger partial charge in [-0.3, -0.25) is 0 Å². The molecule has 2 aliphatic rings. The smallest absolute Gasteiger partial charge is 0.410 e. The van der Waals surface area contributed by atoms with Gasteiger partial charge in [0, 0.05) is 44.8 Å². The van der Waals surface area contributed by atoms with Gasteiger partial charge in [0.2, 0.25) is 0 Å². The van der Waals surface area contributed by atoms with Crippen LogP contribution in [-0.4, -0.2) is 62.6 Å². The molecule has 1 saturated heterocycles. The Morgan fingerprint density at radius 2 is 2.03 bits per heavy atom. The highest BCUT2D eigenvalue weighted by Crippen LogP contribution is 2.42. The number of aliphatic hydroxyl groups is 1. The van der Waals surface area contributed by atoms with Crippen LogP contribution in [0.2, 0.25) is 5.02 Å². The number of hydrogen-bond donors (Lipinski definition) is 2. The maximum Gasteiger partial charge on any atom is 0.410 e. The Balaban J connectivity index is 1.72. The molecule has 1 aromatic carbocycles. The second kappa shape index (κ2) is 14.5. The minimum Gasteiger partial charge on any atom is -0.445 e. The van der Waals surface area contributed by atoms with Crippen molar-refractivity contribution in [2.75, 3.05) is 40.4 Å². The number of halogens is 2. The SMILES string of the molecule is CNCC(CC1CCCCC1)OC(=O)N1CCC[C@@H]([C@@](O)(CCCCOC)c2cccc(Cl)c2F)C1. The van der Waals surface area contributed by atoms with Crippen LogP contribution in [0.4, 0.5) is 9.18 Å². The Kier molecular flexibility index (Phi) is 11.7. The Morgan fingerprint density at radius 1 is 1.25 bits per heavy atom. The number of piperidine rings is 1. The molecule has 0 spiro atoms. The van der Waals surface area contributed by atoms with Crippen LogP contribution in [0.25, 0.3) is 0 Å². The van der Waals surface area contributed by atoms with Crippen LogP contribution in [0.3, 0.4) is 0 Å². The Morgan fingerprint density at radius 3 is 2.75 bits per heavy atom. The highest BCUT2D eigenvalue weighted by atomic mass is 35.5. The number of carbonyl (C=O) groups excluding carboxylic acids is 1. The van der Waals surface area contributed by atoms with Crippen molar-refractivity contribution in [3.63, 3.8) is 0 Å². The molecule has 1 saturated carbocycles. The maximum absolute atomic E-state index is 15.1. The van der Waals surface area contributed by atoms with Gasteiger partial charge in [-0.15, -0.1) is 0 Å². The van der Waals surface area contributed by atoms with E-state index in [4.69, 9.17) is 21.1 Å². The first-order valence-corrected chi connectivity index (χ1v) is 14.0. The number of unbranched alkanes of at least 4 members (excludes halogenated alkanes) is 1. The average Bonchev–Trinajstić information content (AvgIpc) is 2.89. The van der Waals surface area contributed by atoms with E-state index in [0.29, 0.717) is 51.4 Å². The van der Waals surface area contributed by atoms with Gasteiger partial charge in [-0.1, -0.05) is 55.8 Å². The van der Waals surface area contributed by atoms with Crippen molar-refractivity contribution in [1.29, 1.82) is 0 Å². The molecule has 1 aromatic rings. The van der Waals surface area contributed by atoms with Crippen LogP contribution in [-0.2, 0) is 15.1 Å². The predicted molar refractivity (Wildman–Crippen MR) is 141 cm³/mol. The molecule has 1 heterocycles. The average molecular weight is 527 g/mol. The number of methoxy groups -OCH3 is 1. The normalized spacial score (nSPS) is 21.7. The number of ether oxygens (including phenoxy) is 2. The first-order valence-electron chi connectivity index (χ1n) is 13.6. The molecule has 204 valence electrons. The number of rotatable bonds is 12. The van der Waals surface area contributed by atoms with E-state index in [2.05, 4.69) is 5.32 Å². The molecule has 3 atom stereocenters. The molecule has 36 heavy (non-hydrogen) atoms. The van der Waals surface area contributed by atoms with Gasteiger partial charge in [0.05, 0.1) is 10.6 Å². The fourth-order valence-corrected chi connectivity index (χ4v) is 6.16. The van der Waals surface area contributed by atoms with Gasteiger partial charge in [0.25, 0.3) is 0 Å². The minimum atomic E-state index is -1.44. The summed E-state index contributed by atoms with van der Waals surface area (Å²) in [7, 11) is 3.52. The summed E-state index contributed by atoms with van der Waals surface area (Å²) in [6, 6.07) is 4.77. The molecule has 0 aromatic heterocycles. The van der Waals surface area contributed by atoms with Crippen LogP contribution in [0.15, 0.2) is 18.2 Å². The molecule has 1 aliphatic carbocycles. The van der Waals surface area contributed by atoms with E-state index in [1.807, 2.05) is 7.05 Å². The third kappa shape index (κ3) is 7.80. The molecule has 1 aliphatic heterocycles. The highest BCUT2D eigenvalue weighted by molar-refractivity contribution is 6.30. The van der Waals surface area contributed by atoms with Crippen LogP contribution < -0.4 is 5.32 Å². The second-order valence-corrected chi connectivity index (χ2v) is 11.0. The lowest BCUT2D eigenvalue weighted by Gasteiger charge is -2.43. The van der Waals surface area contributed by atoms with Crippen molar-refractivity contribution >= 4 is 17.7 Å². The number of nitrogens with zero attached hydrogens (tertiary/aromatic N) is 1. The van der Waals surface area contributed by atoms with Gasteiger partial charge in [0.15, 0.2) is 0 Å². The zero-order valence-corrected chi connectivity index (χ0v) is 22.7. The van der Waals surface area contributed by atoms with Gasteiger partial charge < -0.3 is 24.8 Å². The van der Waals surface area contributed by atoms with E-state index in [0.717, 1.165) is 19.3 Å². The molecule has 3 rings (SSSR count). The standard InChI is InChI=1S/C28H44ClFN2O4/c1-31-19-23(18-21-10-4-3-5-11-21)36-27(33)32-16-9-12-22(20-32)28(34,15-6-7-17-35-2)24-13-8-14-25(29)26(24)30/h8,13-14,21-23,31,34H,3-7,9-12,15-20H2,1-2H3/t22-,23?,28+/m1/s1. The summed E-state index contributed by atoms with van der Waals surface area (Å²) in [6.45, 7) is 2.09. The van der Waals surface area contributed by atoms with Crippen molar-refractivity contribution in [3.05, 3.63) is 34.6 Å². The van der Waals surface area contributed by atoms with Crippen LogP contribution in [0, 0.1) is 17.7 Å². The van der Waals surface area contributed by atoms with Crippen LogP contribution >= 0.6 is 11.6 Å². The Bertz CT molecular complexity index is 823. The number of nitrogens with one attached hydrogen (secondary N) is 1. The Labute approximate surface area is 220 Å². The van der Waals surface area contributed by atoms with Crippen molar-refractivity contribution in [2.45, 2.75) is 82.3 Å². The topological polar surface area (TPSA) is 71.0 Å². The summed E-state index contributed by atoms with van der Waals surface area (Å²) in [5, 5.41) is 15.1. The molecular formula is C28H44ClFN2O4. The Hall–Kier alpha value is -1.41. The van der Waals surface area contributed by atoms with Crippen LogP contribution in [0.5, 0.6) is 0 Å². The third-order valence-electron chi connectivity index (χ3n) is 7.95. The van der Waals surface area contributed by atoms with Crippen molar-refractivity contribution in [1.82, 2.24) is 10.2 Å². The fourth-order valence-electron chi connectivity index (χ4n) is 5.98. The number of carbonyl (C=O) groups is 1. The number of hydrogen-bond acceptors (Lipinski definition) is 5. The van der Waals surface area contributed by atoms with E-state index >= 15 is 4.39 Å². The van der Waals surface area contributed by atoms with E-state index in [-0.39, 0.29) is 28.7 Å². The van der Waals surface area contributed by atoms with Crippen molar-refractivity contribution < 1.29 is 23.8 Å². The van der Waals surface area contributed by atoms with Gasteiger partial charge in [0.1, 0.15) is 11.9 Å². The van der Waals surface area contributed by atoms with Gasteiger partial charge in [-0.25, -0.2) is 9.18 Å². The largest absolute Gasteiger partial charge is 0.445 e. The lowest BCUT2D eigenvalue weighted by Crippen LogP contribution is -2.49. The lowest BCUT2D eigenvalue weighted by atomic mass is 9.74. The third-order valence-corrected chi connectivity index (χ3v) is 8.24. The fraction of sp³-hybridized carbons (Fsp3) is 0.750. The summed E-state index contributed by atoms with van der Waals surface area (Å²) in [5.41, 5.74) is -1.23. The molecule has 1 unspecified atom stereocenters. The number of benzene rings is 1. The number of likely N-dealkylation sites (tertiary alicyclic amines) is 1. The molecule has 8 heteroatoms. The summed E-state index contributed by atoms with van der Waals surface area (Å²) in [5.74, 6) is -0.313. The van der Waals surface area contributed by atoms with Crippen molar-refractivity contribution in [3.8, 4) is 0 Å². The zero-order chi connectivity index (χ0) is 26.0. The first-order chi connectivity index (χ1) is 17.4. The maximum atomic E-state index is 15.1. The molecular weight excluding hydrogens is 483 g/mol. The van der Waals surface area contributed by atoms with E-state index in [9.17, 15) is 9.90 Å². The molecule has 0 radical (unpaired) electrons. The second-order valence-electron chi connectivity index (χ2n) is 10.6. The number of amides is 1. The highest BCUT2D eigenvalue weighted by Gasteiger charge is 2.43. The molecule has 0 bridgehead atoms. The summed E-state index contributed by atoms with van der Waals surface area (Å²) in [4.78, 5) is 14.9. The van der Waals surface area contributed by atoms with E-state index in [1.165, 1.54) is 38.2 Å². The lowest BCUT2D eigenvalue weighted by molar-refractivity contribution is -0.0643. The zero-order valence-electron chi connectivity index (χ0n) is 21.9. The van der Waals surface area contributed by atoms with Gasteiger partial charge >= 0.3 is 6.09 Å². The quantitative estimate of drug-likeness (QED) is 0.332. The minimum absolute atomic E-state index is 0.00693. The van der Waals surface area contributed by atoms with Gasteiger partial charge in [-0.05, 0) is 57.6 Å². The van der Waals surface area contributed by atoms with E-state index in [1.54, 1.807) is 24.1 Å². The molecule has 2 N–H and O–H groups in total. The summed E-state index contributed by atoms with van der Waals surface area (Å²) < 4.78 is 26.3. The van der Waals surface area contributed by atoms with Crippen LogP contribution in [0.1, 0.15) is 76.2 Å². The summed E-state index contributed by atoms with van der Waals surface area (Å²) >= 11 is 6.09. The monoisotopic (exact) mass is 526 g/mol.